The number of aryl methyl sites for hydroxylation is 1. The Hall–Kier alpha value is -3.49. The first-order valence-corrected chi connectivity index (χ1v) is 13.2. The number of benzene rings is 2. The summed E-state index contributed by atoms with van der Waals surface area (Å²) >= 11 is 6.24. The molecule has 0 radical (unpaired) electrons. The fourth-order valence-corrected chi connectivity index (χ4v) is 4.97. The SMILES string of the molecule is C=c1[nH]c2c(OCCCn3ccnc3)ccc(-c3cccc(S(=O)(=O)CC)c3)c2/c1=C/C(Cl)=C\N. The van der Waals surface area contributed by atoms with Gasteiger partial charge in [-0.2, -0.15) is 0 Å². The lowest BCUT2D eigenvalue weighted by atomic mass is 10.00. The molecule has 0 fully saturated rings. The number of rotatable bonds is 9. The minimum Gasteiger partial charge on any atom is -0.491 e. The summed E-state index contributed by atoms with van der Waals surface area (Å²) in [6.45, 7) is 7.08. The third-order valence-electron chi connectivity index (χ3n) is 5.74. The summed E-state index contributed by atoms with van der Waals surface area (Å²) in [7, 11) is -3.36. The maximum Gasteiger partial charge on any atom is 0.178 e. The molecule has 2 aromatic carbocycles. The first kappa shape index (κ1) is 24.6. The molecule has 0 aliphatic carbocycles. The van der Waals surface area contributed by atoms with Crippen LogP contribution in [0, 0.1) is 0 Å². The molecule has 2 heterocycles. The van der Waals surface area contributed by atoms with Crippen molar-refractivity contribution >= 4 is 45.0 Å². The summed E-state index contributed by atoms with van der Waals surface area (Å²) in [6, 6.07) is 10.8. The molecular formula is C26H27ClN4O3S. The van der Waals surface area contributed by atoms with Gasteiger partial charge in [0, 0.05) is 41.1 Å². The molecule has 0 spiro atoms. The molecule has 7 nitrogen and oxygen atoms in total. The Morgan fingerprint density at radius 2 is 2.14 bits per heavy atom. The van der Waals surface area contributed by atoms with E-state index in [0.717, 1.165) is 40.2 Å². The largest absolute Gasteiger partial charge is 0.491 e. The van der Waals surface area contributed by atoms with Crippen molar-refractivity contribution < 1.29 is 13.2 Å². The number of nitrogens with one attached hydrogen (secondary N) is 1. The van der Waals surface area contributed by atoms with Gasteiger partial charge in [0.25, 0.3) is 0 Å². The number of H-pyrrole nitrogens is 1. The van der Waals surface area contributed by atoms with Crippen molar-refractivity contribution in [2.75, 3.05) is 12.4 Å². The lowest BCUT2D eigenvalue weighted by molar-refractivity contribution is 0.304. The van der Waals surface area contributed by atoms with Gasteiger partial charge in [0.15, 0.2) is 9.84 Å². The Balaban J connectivity index is 1.81. The molecule has 2 aromatic heterocycles. The molecule has 0 bridgehead atoms. The Labute approximate surface area is 209 Å². The zero-order valence-corrected chi connectivity index (χ0v) is 20.9. The van der Waals surface area contributed by atoms with Crippen LogP contribution in [0.15, 0.2) is 71.2 Å². The first-order chi connectivity index (χ1) is 16.8. The van der Waals surface area contributed by atoms with E-state index < -0.39 is 9.84 Å². The summed E-state index contributed by atoms with van der Waals surface area (Å²) < 4.78 is 33.1. The van der Waals surface area contributed by atoms with Crippen LogP contribution >= 0.6 is 11.6 Å². The van der Waals surface area contributed by atoms with E-state index in [1.54, 1.807) is 43.7 Å². The van der Waals surface area contributed by atoms with E-state index in [1.165, 1.54) is 6.20 Å². The number of ether oxygens (including phenoxy) is 1. The number of hydrogen-bond donors (Lipinski definition) is 2. The van der Waals surface area contributed by atoms with Gasteiger partial charge in [-0.3, -0.25) is 0 Å². The van der Waals surface area contributed by atoms with E-state index in [4.69, 9.17) is 22.1 Å². The van der Waals surface area contributed by atoms with Crippen LogP contribution in [0.3, 0.4) is 0 Å². The summed E-state index contributed by atoms with van der Waals surface area (Å²) in [5.41, 5.74) is 7.96. The highest BCUT2D eigenvalue weighted by molar-refractivity contribution is 7.91. The van der Waals surface area contributed by atoms with Crippen molar-refractivity contribution in [2.24, 2.45) is 5.73 Å². The van der Waals surface area contributed by atoms with Crippen LogP contribution < -0.4 is 21.0 Å². The monoisotopic (exact) mass is 510 g/mol. The Kier molecular flexibility index (Phi) is 7.33. The van der Waals surface area contributed by atoms with Crippen LogP contribution in [-0.2, 0) is 16.4 Å². The second-order valence-electron chi connectivity index (χ2n) is 8.01. The Morgan fingerprint density at radius 3 is 2.86 bits per heavy atom. The van der Waals surface area contributed by atoms with E-state index in [-0.39, 0.29) is 10.6 Å². The maximum atomic E-state index is 12.5. The zero-order chi connectivity index (χ0) is 25.0. The standard InChI is InChI=1S/C26H27ClN4O3S/c1-3-35(32,33)21-7-4-6-19(14-21)22-8-9-24(34-13-5-11-31-12-10-29-17-31)26-25(22)23(18(2)30-26)15-20(27)16-28/h4,6-10,12,14-17,30H,2-3,5,11,13,28H2,1H3/b20-16+,23-15+. The van der Waals surface area contributed by atoms with Gasteiger partial charge < -0.3 is 20.0 Å². The summed E-state index contributed by atoms with van der Waals surface area (Å²) in [5.74, 6) is 0.699. The van der Waals surface area contributed by atoms with Gasteiger partial charge in [-0.15, -0.1) is 0 Å². The summed E-state index contributed by atoms with van der Waals surface area (Å²) in [6.07, 6.45) is 9.28. The van der Waals surface area contributed by atoms with E-state index in [1.807, 2.05) is 29.0 Å². The van der Waals surface area contributed by atoms with Gasteiger partial charge in [-0.05, 0) is 47.9 Å². The van der Waals surface area contributed by atoms with Crippen molar-refractivity contribution in [3.8, 4) is 16.9 Å². The minimum atomic E-state index is -3.36. The molecule has 0 atom stereocenters. The van der Waals surface area contributed by atoms with Gasteiger partial charge in [-0.25, -0.2) is 13.4 Å². The van der Waals surface area contributed by atoms with E-state index >= 15 is 0 Å². The van der Waals surface area contributed by atoms with Crippen molar-refractivity contribution in [3.63, 3.8) is 0 Å². The third-order valence-corrected chi connectivity index (χ3v) is 7.71. The molecule has 3 N–H and O–H groups in total. The Morgan fingerprint density at radius 1 is 1.31 bits per heavy atom. The van der Waals surface area contributed by atoms with Crippen molar-refractivity contribution in [1.29, 1.82) is 0 Å². The number of nitrogens with two attached hydrogens (primary N) is 1. The predicted octanol–water partition coefficient (Wildman–Crippen LogP) is 3.52. The normalized spacial score (nSPS) is 13.0. The lowest BCUT2D eigenvalue weighted by Gasteiger charge is -2.12. The van der Waals surface area contributed by atoms with Gasteiger partial charge in [0.2, 0.25) is 0 Å². The minimum absolute atomic E-state index is 0.0286. The molecule has 0 amide bonds. The molecule has 182 valence electrons. The molecule has 4 aromatic rings. The van der Waals surface area contributed by atoms with Crippen molar-refractivity contribution in [2.45, 2.75) is 24.8 Å². The third kappa shape index (κ3) is 5.28. The van der Waals surface area contributed by atoms with Crippen molar-refractivity contribution in [1.82, 2.24) is 14.5 Å². The van der Waals surface area contributed by atoms with E-state index in [2.05, 4.69) is 16.5 Å². The highest BCUT2D eigenvalue weighted by Gasteiger charge is 2.16. The fraction of sp³-hybridized carbons (Fsp3) is 0.192. The summed E-state index contributed by atoms with van der Waals surface area (Å²) in [5, 5.41) is 2.59. The molecule has 0 saturated heterocycles. The predicted molar refractivity (Wildman–Crippen MR) is 141 cm³/mol. The number of nitrogens with zero attached hydrogens (tertiary/aromatic N) is 2. The number of allylic oxidation sites excluding steroid dienone is 1. The van der Waals surface area contributed by atoms with Crippen LogP contribution in [0.25, 0.3) is 34.7 Å². The molecule has 0 unspecified atom stereocenters. The van der Waals surface area contributed by atoms with E-state index in [9.17, 15) is 8.42 Å². The number of imidazole rings is 1. The average Bonchev–Trinajstić information content (AvgIpc) is 3.50. The maximum absolute atomic E-state index is 12.5. The van der Waals surface area contributed by atoms with Crippen LogP contribution in [0.1, 0.15) is 13.3 Å². The number of aromatic amines is 1. The smallest absolute Gasteiger partial charge is 0.178 e. The van der Waals surface area contributed by atoms with Gasteiger partial charge in [0.05, 0.1) is 34.1 Å². The molecular weight excluding hydrogens is 484 g/mol. The number of hydrogen-bond acceptors (Lipinski definition) is 5. The van der Waals surface area contributed by atoms with Gasteiger partial charge >= 0.3 is 0 Å². The fourth-order valence-electron chi connectivity index (χ4n) is 3.93. The highest BCUT2D eigenvalue weighted by atomic mass is 35.5. The second kappa shape index (κ2) is 10.4. The van der Waals surface area contributed by atoms with Crippen LogP contribution in [0.2, 0.25) is 0 Å². The molecule has 0 saturated carbocycles. The molecule has 0 aliphatic heterocycles. The van der Waals surface area contributed by atoms with Crippen LogP contribution in [0.4, 0.5) is 0 Å². The van der Waals surface area contributed by atoms with Crippen LogP contribution in [0.5, 0.6) is 5.75 Å². The first-order valence-electron chi connectivity index (χ1n) is 11.2. The van der Waals surface area contributed by atoms with Crippen LogP contribution in [-0.4, -0.2) is 35.3 Å². The summed E-state index contributed by atoms with van der Waals surface area (Å²) in [4.78, 5) is 7.65. The number of halogens is 1. The molecule has 9 heteroatoms. The van der Waals surface area contributed by atoms with E-state index in [0.29, 0.717) is 22.7 Å². The molecule has 35 heavy (non-hydrogen) atoms. The molecule has 0 aliphatic rings. The quantitative estimate of drug-likeness (QED) is 0.335. The van der Waals surface area contributed by atoms with Crippen molar-refractivity contribution in [3.05, 3.63) is 76.9 Å². The van der Waals surface area contributed by atoms with Gasteiger partial charge in [-0.1, -0.05) is 37.2 Å². The molecule has 4 rings (SSSR count). The lowest BCUT2D eigenvalue weighted by Crippen LogP contribution is -2.21. The number of aromatic nitrogens is 3. The average molecular weight is 511 g/mol. The van der Waals surface area contributed by atoms with Gasteiger partial charge in [0.1, 0.15) is 5.75 Å². The number of fused-ring (bicyclic) bond motifs is 1. The topological polar surface area (TPSA) is 103 Å². The number of sulfone groups is 1. The second-order valence-corrected chi connectivity index (χ2v) is 10.7. The highest BCUT2D eigenvalue weighted by Crippen LogP contribution is 2.32. The Bertz CT molecular complexity index is 1590. The zero-order valence-electron chi connectivity index (χ0n) is 19.4.